The van der Waals surface area contributed by atoms with E-state index in [1.807, 2.05) is 37.3 Å². The highest BCUT2D eigenvalue weighted by Crippen LogP contribution is 2.10. The number of hydrogen-bond acceptors (Lipinski definition) is 2. The topological polar surface area (TPSA) is 62.0 Å². The minimum Gasteiger partial charge on any atom is -0.356 e. The first kappa shape index (κ1) is 13.3. The zero-order chi connectivity index (χ0) is 13.7. The third kappa shape index (κ3) is 3.44. The van der Waals surface area contributed by atoms with Crippen LogP contribution in [0.25, 0.3) is 10.9 Å². The molecule has 0 saturated carbocycles. The number of aryl methyl sites for hydroxylation is 1. The van der Waals surface area contributed by atoms with E-state index < -0.39 is 0 Å². The second kappa shape index (κ2) is 6.18. The summed E-state index contributed by atoms with van der Waals surface area (Å²) in [4.78, 5) is 26.2. The Morgan fingerprint density at radius 2 is 2.11 bits per heavy atom. The minimum absolute atomic E-state index is 0.00518. The molecule has 0 spiro atoms. The van der Waals surface area contributed by atoms with Crippen molar-refractivity contribution >= 4 is 16.8 Å². The summed E-state index contributed by atoms with van der Waals surface area (Å²) in [6.07, 6.45) is 1.74. The van der Waals surface area contributed by atoms with E-state index in [1.165, 1.54) is 0 Å². The molecule has 0 saturated heterocycles. The molecule has 1 heterocycles. The van der Waals surface area contributed by atoms with Crippen LogP contribution in [0.3, 0.4) is 0 Å². The fourth-order valence-electron chi connectivity index (χ4n) is 1.98. The van der Waals surface area contributed by atoms with Crippen molar-refractivity contribution in [1.82, 2.24) is 10.3 Å². The average molecular weight is 258 g/mol. The number of carbonyl (C=O) groups excluding carboxylic acids is 1. The summed E-state index contributed by atoms with van der Waals surface area (Å²) >= 11 is 0. The summed E-state index contributed by atoms with van der Waals surface area (Å²) in [5.41, 5.74) is 1.37. The molecule has 0 aliphatic rings. The van der Waals surface area contributed by atoms with Gasteiger partial charge in [-0.25, -0.2) is 0 Å². The van der Waals surface area contributed by atoms with Crippen LogP contribution in [0, 0.1) is 0 Å². The smallest absolute Gasteiger partial charge is 0.251 e. The van der Waals surface area contributed by atoms with Crippen molar-refractivity contribution in [3.05, 3.63) is 46.2 Å². The van der Waals surface area contributed by atoms with Crippen molar-refractivity contribution in [1.29, 1.82) is 0 Å². The second-order valence-corrected chi connectivity index (χ2v) is 4.56. The average Bonchev–Trinajstić information content (AvgIpc) is 2.42. The summed E-state index contributed by atoms with van der Waals surface area (Å²) in [5, 5.41) is 3.80. The van der Waals surface area contributed by atoms with Crippen LogP contribution < -0.4 is 10.9 Å². The molecule has 1 aromatic heterocycles. The highest BCUT2D eigenvalue weighted by molar-refractivity contribution is 5.79. The quantitative estimate of drug-likeness (QED) is 0.861. The molecule has 1 amide bonds. The van der Waals surface area contributed by atoms with Gasteiger partial charge in [0.1, 0.15) is 0 Å². The molecule has 19 heavy (non-hydrogen) atoms. The van der Waals surface area contributed by atoms with Crippen LogP contribution >= 0.6 is 0 Å². The third-order valence-corrected chi connectivity index (χ3v) is 3.02. The Morgan fingerprint density at radius 1 is 1.32 bits per heavy atom. The molecule has 0 bridgehead atoms. The Bertz CT molecular complexity index is 631. The first-order valence-corrected chi connectivity index (χ1v) is 6.58. The SMILES string of the molecule is CCCNC(=O)CCc1cc2ccccc2[nH]c1=O. The Morgan fingerprint density at radius 3 is 2.89 bits per heavy atom. The van der Waals surface area contributed by atoms with E-state index in [4.69, 9.17) is 0 Å². The number of H-pyrrole nitrogens is 1. The largest absolute Gasteiger partial charge is 0.356 e. The van der Waals surface area contributed by atoms with Gasteiger partial charge in [0.05, 0.1) is 0 Å². The molecular weight excluding hydrogens is 240 g/mol. The summed E-state index contributed by atoms with van der Waals surface area (Å²) in [5.74, 6) is -0.00518. The van der Waals surface area contributed by atoms with E-state index in [0.29, 0.717) is 24.9 Å². The van der Waals surface area contributed by atoms with Crippen LogP contribution in [0.2, 0.25) is 0 Å². The number of benzene rings is 1. The lowest BCUT2D eigenvalue weighted by atomic mass is 10.1. The maximum absolute atomic E-state index is 11.9. The van der Waals surface area contributed by atoms with E-state index in [0.717, 1.165) is 17.3 Å². The lowest BCUT2D eigenvalue weighted by molar-refractivity contribution is -0.121. The van der Waals surface area contributed by atoms with Crippen molar-refractivity contribution in [3.8, 4) is 0 Å². The number of aromatic amines is 1. The molecule has 0 fully saturated rings. The predicted molar refractivity (Wildman–Crippen MR) is 76.2 cm³/mol. The van der Waals surface area contributed by atoms with Gasteiger partial charge < -0.3 is 10.3 Å². The maximum atomic E-state index is 11.9. The standard InChI is InChI=1S/C15H18N2O2/c1-2-9-16-14(18)8-7-12-10-11-5-3-4-6-13(11)17-15(12)19/h3-6,10H,2,7-9H2,1H3,(H,16,18)(H,17,19). The van der Waals surface area contributed by atoms with Crippen molar-refractivity contribution in [2.24, 2.45) is 0 Å². The van der Waals surface area contributed by atoms with Crippen molar-refractivity contribution in [2.45, 2.75) is 26.2 Å². The van der Waals surface area contributed by atoms with Crippen LogP contribution in [0.4, 0.5) is 0 Å². The number of carbonyl (C=O) groups is 1. The summed E-state index contributed by atoms with van der Waals surface area (Å²) in [7, 11) is 0. The van der Waals surface area contributed by atoms with Crippen LogP contribution in [0.15, 0.2) is 35.1 Å². The van der Waals surface area contributed by atoms with Gasteiger partial charge in [-0.2, -0.15) is 0 Å². The van der Waals surface area contributed by atoms with Gasteiger partial charge in [0.25, 0.3) is 5.56 Å². The number of fused-ring (bicyclic) bond motifs is 1. The Labute approximate surface area is 111 Å². The minimum atomic E-state index is -0.109. The molecule has 2 aromatic rings. The summed E-state index contributed by atoms with van der Waals surface area (Å²) in [6.45, 7) is 2.70. The lowest BCUT2D eigenvalue weighted by Gasteiger charge is -2.04. The highest BCUT2D eigenvalue weighted by atomic mass is 16.1. The van der Waals surface area contributed by atoms with Gasteiger partial charge in [0.2, 0.25) is 5.91 Å². The van der Waals surface area contributed by atoms with E-state index in [-0.39, 0.29) is 11.5 Å². The lowest BCUT2D eigenvalue weighted by Crippen LogP contribution is -2.25. The summed E-state index contributed by atoms with van der Waals surface area (Å²) in [6, 6.07) is 9.50. The molecule has 4 nitrogen and oxygen atoms in total. The first-order valence-electron chi connectivity index (χ1n) is 6.58. The van der Waals surface area contributed by atoms with Gasteiger partial charge in [-0.1, -0.05) is 25.1 Å². The maximum Gasteiger partial charge on any atom is 0.251 e. The van der Waals surface area contributed by atoms with E-state index >= 15 is 0 Å². The zero-order valence-corrected chi connectivity index (χ0v) is 11.0. The molecule has 4 heteroatoms. The molecule has 0 radical (unpaired) electrons. The third-order valence-electron chi connectivity index (χ3n) is 3.02. The van der Waals surface area contributed by atoms with Crippen LogP contribution in [0.1, 0.15) is 25.3 Å². The van der Waals surface area contributed by atoms with Crippen molar-refractivity contribution in [2.75, 3.05) is 6.54 Å². The van der Waals surface area contributed by atoms with E-state index in [9.17, 15) is 9.59 Å². The van der Waals surface area contributed by atoms with Crippen LogP contribution in [0.5, 0.6) is 0 Å². The molecule has 0 atom stereocenters. The predicted octanol–water partition coefficient (Wildman–Crippen LogP) is 1.99. The monoisotopic (exact) mass is 258 g/mol. The number of pyridine rings is 1. The molecule has 0 aliphatic carbocycles. The number of para-hydroxylation sites is 1. The Hall–Kier alpha value is -2.10. The Kier molecular flexibility index (Phi) is 4.34. The first-order chi connectivity index (χ1) is 9.20. The van der Waals surface area contributed by atoms with E-state index in [2.05, 4.69) is 10.3 Å². The molecule has 0 unspecified atom stereocenters. The van der Waals surface area contributed by atoms with Crippen molar-refractivity contribution in [3.63, 3.8) is 0 Å². The zero-order valence-electron chi connectivity index (χ0n) is 11.0. The van der Waals surface area contributed by atoms with Crippen molar-refractivity contribution < 1.29 is 4.79 Å². The Balaban J connectivity index is 2.10. The second-order valence-electron chi connectivity index (χ2n) is 4.56. The number of rotatable bonds is 5. The summed E-state index contributed by atoms with van der Waals surface area (Å²) < 4.78 is 0. The van der Waals surface area contributed by atoms with Gasteiger partial charge in [-0.05, 0) is 30.4 Å². The van der Waals surface area contributed by atoms with Crippen LogP contribution in [-0.4, -0.2) is 17.4 Å². The number of amides is 1. The van der Waals surface area contributed by atoms with Crippen LogP contribution in [-0.2, 0) is 11.2 Å². The van der Waals surface area contributed by atoms with Gasteiger partial charge in [-0.3, -0.25) is 9.59 Å². The molecular formula is C15H18N2O2. The van der Waals surface area contributed by atoms with Gasteiger partial charge in [0, 0.05) is 24.0 Å². The highest BCUT2D eigenvalue weighted by Gasteiger charge is 2.06. The van der Waals surface area contributed by atoms with Gasteiger partial charge in [-0.15, -0.1) is 0 Å². The molecule has 2 rings (SSSR count). The van der Waals surface area contributed by atoms with E-state index in [1.54, 1.807) is 0 Å². The normalized spacial score (nSPS) is 10.6. The molecule has 0 aliphatic heterocycles. The van der Waals surface area contributed by atoms with Gasteiger partial charge in [0.15, 0.2) is 0 Å². The fraction of sp³-hybridized carbons (Fsp3) is 0.333. The number of nitrogens with one attached hydrogen (secondary N) is 2. The molecule has 1 aromatic carbocycles. The number of hydrogen-bond donors (Lipinski definition) is 2. The molecule has 2 N–H and O–H groups in total. The van der Waals surface area contributed by atoms with Gasteiger partial charge >= 0.3 is 0 Å². The fourth-order valence-corrected chi connectivity index (χ4v) is 1.98. The molecule has 100 valence electrons. The number of aromatic nitrogens is 1.